The van der Waals surface area contributed by atoms with E-state index in [2.05, 4.69) is 6.58 Å². The molecule has 0 bridgehead atoms. The highest BCUT2D eigenvalue weighted by atomic mass is 16.6. The Balaban J connectivity index is 2.25. The van der Waals surface area contributed by atoms with Crippen molar-refractivity contribution in [3.63, 3.8) is 0 Å². The lowest BCUT2D eigenvalue weighted by Gasteiger charge is -2.19. The maximum Gasteiger partial charge on any atom is 0.0993 e. The van der Waals surface area contributed by atoms with Gasteiger partial charge in [0.25, 0.3) is 0 Å². The topological polar surface area (TPSA) is 18.5 Å². The molecule has 1 fully saturated rings. The zero-order valence-electron chi connectivity index (χ0n) is 5.95. The standard InChI is InChI=1S/C8H12O2/c1-2-3-4-8-7-9-5-6-10-8/h2-4,8H,1,5-7H2. The van der Waals surface area contributed by atoms with Crippen molar-refractivity contribution in [3.8, 4) is 0 Å². The summed E-state index contributed by atoms with van der Waals surface area (Å²) >= 11 is 0. The highest BCUT2D eigenvalue weighted by Crippen LogP contribution is 2.01. The van der Waals surface area contributed by atoms with Crippen LogP contribution < -0.4 is 0 Å². The third kappa shape index (κ3) is 2.33. The number of hydrogen-bond acceptors (Lipinski definition) is 2. The molecule has 0 spiro atoms. The van der Waals surface area contributed by atoms with Gasteiger partial charge >= 0.3 is 0 Å². The van der Waals surface area contributed by atoms with Crippen molar-refractivity contribution >= 4 is 0 Å². The van der Waals surface area contributed by atoms with Crippen LogP contribution in [0.5, 0.6) is 0 Å². The van der Waals surface area contributed by atoms with Crippen LogP contribution in [0, 0.1) is 0 Å². The van der Waals surface area contributed by atoms with E-state index in [1.807, 2.05) is 12.2 Å². The van der Waals surface area contributed by atoms with Crippen LogP contribution in [0.3, 0.4) is 0 Å². The van der Waals surface area contributed by atoms with Gasteiger partial charge in [-0.25, -0.2) is 0 Å². The minimum absolute atomic E-state index is 0.131. The molecule has 10 heavy (non-hydrogen) atoms. The zero-order chi connectivity index (χ0) is 7.23. The van der Waals surface area contributed by atoms with Crippen molar-refractivity contribution in [1.29, 1.82) is 0 Å². The summed E-state index contributed by atoms with van der Waals surface area (Å²) in [6.45, 7) is 5.65. The van der Waals surface area contributed by atoms with Crippen LogP contribution >= 0.6 is 0 Å². The van der Waals surface area contributed by atoms with Crippen LogP contribution in [0.25, 0.3) is 0 Å². The van der Waals surface area contributed by atoms with Crippen molar-refractivity contribution in [3.05, 3.63) is 24.8 Å². The third-order valence-electron chi connectivity index (χ3n) is 1.30. The first-order chi connectivity index (χ1) is 4.93. The van der Waals surface area contributed by atoms with E-state index in [-0.39, 0.29) is 6.10 Å². The normalized spacial score (nSPS) is 27.0. The first kappa shape index (κ1) is 7.51. The van der Waals surface area contributed by atoms with Crippen molar-refractivity contribution < 1.29 is 9.47 Å². The average Bonchev–Trinajstić information content (AvgIpc) is 2.03. The summed E-state index contributed by atoms with van der Waals surface area (Å²) in [7, 11) is 0. The van der Waals surface area contributed by atoms with E-state index >= 15 is 0 Å². The number of ether oxygens (including phenoxy) is 2. The fourth-order valence-electron chi connectivity index (χ4n) is 0.820. The van der Waals surface area contributed by atoms with Gasteiger partial charge in [-0.15, -0.1) is 0 Å². The molecule has 0 aromatic heterocycles. The Morgan fingerprint density at radius 1 is 1.40 bits per heavy atom. The fraction of sp³-hybridized carbons (Fsp3) is 0.500. The van der Waals surface area contributed by atoms with E-state index in [0.717, 1.165) is 6.61 Å². The molecule has 2 heteroatoms. The molecule has 2 nitrogen and oxygen atoms in total. The molecule has 1 unspecified atom stereocenters. The SMILES string of the molecule is C=CC=CC1COCCO1. The molecule has 0 aliphatic carbocycles. The molecule has 1 aliphatic rings. The van der Waals surface area contributed by atoms with Crippen LogP contribution in [-0.4, -0.2) is 25.9 Å². The summed E-state index contributed by atoms with van der Waals surface area (Å²) in [5.74, 6) is 0. The Kier molecular flexibility index (Phi) is 3.19. The second-order valence-electron chi connectivity index (χ2n) is 2.10. The Morgan fingerprint density at radius 2 is 2.30 bits per heavy atom. The molecule has 0 saturated carbocycles. The van der Waals surface area contributed by atoms with Crippen LogP contribution in [0.1, 0.15) is 0 Å². The molecule has 0 aromatic carbocycles. The van der Waals surface area contributed by atoms with Crippen molar-refractivity contribution in [1.82, 2.24) is 0 Å². The van der Waals surface area contributed by atoms with E-state index in [9.17, 15) is 0 Å². The van der Waals surface area contributed by atoms with Gasteiger partial charge in [0.2, 0.25) is 0 Å². The predicted molar refractivity (Wildman–Crippen MR) is 39.9 cm³/mol. The molecule has 1 saturated heterocycles. The van der Waals surface area contributed by atoms with E-state index in [0.29, 0.717) is 13.2 Å². The molecule has 0 amide bonds. The molecule has 1 rings (SSSR count). The molecule has 0 radical (unpaired) electrons. The Bertz CT molecular complexity index is 123. The van der Waals surface area contributed by atoms with Crippen LogP contribution in [0.15, 0.2) is 24.8 Å². The largest absolute Gasteiger partial charge is 0.376 e. The Morgan fingerprint density at radius 3 is 2.90 bits per heavy atom. The van der Waals surface area contributed by atoms with Gasteiger partial charge in [-0.05, 0) is 0 Å². The van der Waals surface area contributed by atoms with Crippen LogP contribution in [0.4, 0.5) is 0 Å². The molecule has 0 aromatic rings. The number of rotatable bonds is 2. The zero-order valence-corrected chi connectivity index (χ0v) is 5.95. The minimum atomic E-state index is 0.131. The average molecular weight is 140 g/mol. The van der Waals surface area contributed by atoms with Gasteiger partial charge in [-0.2, -0.15) is 0 Å². The van der Waals surface area contributed by atoms with Gasteiger partial charge < -0.3 is 9.47 Å². The van der Waals surface area contributed by atoms with Crippen molar-refractivity contribution in [2.75, 3.05) is 19.8 Å². The summed E-state index contributed by atoms with van der Waals surface area (Å²) in [6.07, 6.45) is 5.69. The van der Waals surface area contributed by atoms with Gasteiger partial charge in [0.05, 0.1) is 25.9 Å². The monoisotopic (exact) mass is 140 g/mol. The fourth-order valence-corrected chi connectivity index (χ4v) is 0.820. The van der Waals surface area contributed by atoms with Crippen LogP contribution in [-0.2, 0) is 9.47 Å². The van der Waals surface area contributed by atoms with Gasteiger partial charge in [-0.1, -0.05) is 24.8 Å². The van der Waals surface area contributed by atoms with Gasteiger partial charge in [0, 0.05) is 0 Å². The van der Waals surface area contributed by atoms with E-state index in [4.69, 9.17) is 9.47 Å². The summed E-state index contributed by atoms with van der Waals surface area (Å²) in [5.41, 5.74) is 0. The molecule has 56 valence electrons. The highest BCUT2D eigenvalue weighted by molar-refractivity contribution is 5.01. The minimum Gasteiger partial charge on any atom is -0.376 e. The molecule has 1 aliphatic heterocycles. The Labute approximate surface area is 61.1 Å². The first-order valence-corrected chi connectivity index (χ1v) is 3.42. The second-order valence-corrected chi connectivity index (χ2v) is 2.10. The molecule has 0 N–H and O–H groups in total. The summed E-state index contributed by atoms with van der Waals surface area (Å²) < 4.78 is 10.5. The smallest absolute Gasteiger partial charge is 0.0993 e. The van der Waals surface area contributed by atoms with Crippen LogP contribution in [0.2, 0.25) is 0 Å². The second kappa shape index (κ2) is 4.25. The van der Waals surface area contributed by atoms with E-state index in [1.54, 1.807) is 6.08 Å². The lowest BCUT2D eigenvalue weighted by molar-refractivity contribution is -0.0675. The summed E-state index contributed by atoms with van der Waals surface area (Å²) in [5, 5.41) is 0. The first-order valence-electron chi connectivity index (χ1n) is 3.42. The predicted octanol–water partition coefficient (Wildman–Crippen LogP) is 1.14. The lowest BCUT2D eigenvalue weighted by atomic mass is 10.3. The maximum atomic E-state index is 5.32. The summed E-state index contributed by atoms with van der Waals surface area (Å²) in [4.78, 5) is 0. The maximum absolute atomic E-state index is 5.32. The number of hydrogen-bond donors (Lipinski definition) is 0. The van der Waals surface area contributed by atoms with E-state index < -0.39 is 0 Å². The summed E-state index contributed by atoms with van der Waals surface area (Å²) in [6, 6.07) is 0. The third-order valence-corrected chi connectivity index (χ3v) is 1.30. The number of allylic oxidation sites excluding steroid dienone is 2. The molecule has 1 atom stereocenters. The quantitative estimate of drug-likeness (QED) is 0.535. The van der Waals surface area contributed by atoms with Gasteiger partial charge in [0.1, 0.15) is 0 Å². The molecular weight excluding hydrogens is 128 g/mol. The van der Waals surface area contributed by atoms with Gasteiger partial charge in [0.15, 0.2) is 0 Å². The van der Waals surface area contributed by atoms with Crippen molar-refractivity contribution in [2.24, 2.45) is 0 Å². The molecular formula is C8H12O2. The lowest BCUT2D eigenvalue weighted by Crippen LogP contribution is -2.26. The van der Waals surface area contributed by atoms with Gasteiger partial charge in [-0.3, -0.25) is 0 Å². The highest BCUT2D eigenvalue weighted by Gasteiger charge is 2.09. The van der Waals surface area contributed by atoms with Crippen molar-refractivity contribution in [2.45, 2.75) is 6.10 Å². The van der Waals surface area contributed by atoms with E-state index in [1.165, 1.54) is 0 Å². The molecule has 1 heterocycles. The Hall–Kier alpha value is -0.600.